The van der Waals surface area contributed by atoms with Crippen LogP contribution >= 0.6 is 0 Å². The van der Waals surface area contributed by atoms with Crippen LogP contribution in [0.5, 0.6) is 5.75 Å². The van der Waals surface area contributed by atoms with E-state index in [1.54, 1.807) is 24.3 Å². The molecule has 0 amide bonds. The Morgan fingerprint density at radius 1 is 0.952 bits per heavy atom. The van der Waals surface area contributed by atoms with Crippen LogP contribution in [-0.2, 0) is 6.42 Å². The lowest BCUT2D eigenvalue weighted by Gasteiger charge is -2.04. The van der Waals surface area contributed by atoms with Gasteiger partial charge in [-0.1, -0.05) is 30.7 Å². The Kier molecular flexibility index (Phi) is 5.50. The number of Topliss-reactive ketones (excluding diaryl/α,β-unsaturated/α-hetero) is 1. The first-order chi connectivity index (χ1) is 10.2. The summed E-state index contributed by atoms with van der Waals surface area (Å²) in [4.78, 5) is 11.9. The van der Waals surface area contributed by atoms with Crippen molar-refractivity contribution in [2.45, 2.75) is 32.1 Å². The van der Waals surface area contributed by atoms with E-state index >= 15 is 0 Å². The maximum absolute atomic E-state index is 13.4. The fourth-order valence-corrected chi connectivity index (χ4v) is 2.28. The Labute approximate surface area is 124 Å². The number of aromatic hydroxyl groups is 1. The maximum atomic E-state index is 13.4. The van der Waals surface area contributed by atoms with Crippen LogP contribution in [0.25, 0.3) is 0 Å². The summed E-state index contributed by atoms with van der Waals surface area (Å²) in [6, 6.07) is 13.3. The lowest BCUT2D eigenvalue weighted by atomic mass is 10.0. The molecule has 0 heterocycles. The molecule has 0 fully saturated rings. The molecular formula is C18H19FO2. The van der Waals surface area contributed by atoms with Crippen molar-refractivity contribution < 1.29 is 14.3 Å². The fourth-order valence-electron chi connectivity index (χ4n) is 2.28. The van der Waals surface area contributed by atoms with Gasteiger partial charge in [0, 0.05) is 6.42 Å². The molecule has 2 rings (SSSR count). The number of aryl methyl sites for hydroxylation is 1. The predicted octanol–water partition coefficient (Wildman–Crippen LogP) is 4.52. The number of unbranched alkanes of at least 4 members (excludes halogenated alkanes) is 2. The molecule has 0 aliphatic rings. The number of rotatable bonds is 7. The first-order valence-corrected chi connectivity index (χ1v) is 7.22. The van der Waals surface area contributed by atoms with Crippen molar-refractivity contribution in [3.05, 3.63) is 65.5 Å². The largest absolute Gasteiger partial charge is 0.508 e. The minimum Gasteiger partial charge on any atom is -0.508 e. The number of hydrogen-bond donors (Lipinski definition) is 1. The molecule has 0 aromatic heterocycles. The van der Waals surface area contributed by atoms with Gasteiger partial charge in [0.1, 0.15) is 11.6 Å². The van der Waals surface area contributed by atoms with E-state index < -0.39 is 5.82 Å². The van der Waals surface area contributed by atoms with E-state index in [1.165, 1.54) is 17.7 Å². The number of ketones is 1. The minimum absolute atomic E-state index is 0.127. The number of phenols is 1. The first kappa shape index (κ1) is 15.2. The van der Waals surface area contributed by atoms with Gasteiger partial charge in [0.05, 0.1) is 5.56 Å². The zero-order chi connectivity index (χ0) is 15.1. The summed E-state index contributed by atoms with van der Waals surface area (Å²) in [6.45, 7) is 0. The molecular weight excluding hydrogens is 267 g/mol. The van der Waals surface area contributed by atoms with Gasteiger partial charge in [-0.2, -0.15) is 0 Å². The van der Waals surface area contributed by atoms with Gasteiger partial charge in [-0.3, -0.25) is 4.79 Å². The number of benzene rings is 2. The van der Waals surface area contributed by atoms with Crippen molar-refractivity contribution in [2.75, 3.05) is 0 Å². The molecule has 21 heavy (non-hydrogen) atoms. The van der Waals surface area contributed by atoms with E-state index in [0.717, 1.165) is 25.7 Å². The van der Waals surface area contributed by atoms with Crippen LogP contribution < -0.4 is 0 Å². The molecule has 110 valence electrons. The molecule has 0 unspecified atom stereocenters. The van der Waals surface area contributed by atoms with Gasteiger partial charge in [-0.25, -0.2) is 4.39 Å². The highest BCUT2D eigenvalue weighted by Crippen LogP contribution is 2.15. The monoisotopic (exact) mass is 286 g/mol. The SMILES string of the molecule is O=C(CCCCCc1ccc(O)cc1)c1ccccc1F. The molecule has 0 saturated carbocycles. The van der Waals surface area contributed by atoms with Gasteiger partial charge >= 0.3 is 0 Å². The molecule has 0 atom stereocenters. The van der Waals surface area contributed by atoms with E-state index in [0.29, 0.717) is 6.42 Å². The predicted molar refractivity (Wildman–Crippen MR) is 81.0 cm³/mol. The third-order valence-corrected chi connectivity index (χ3v) is 3.48. The summed E-state index contributed by atoms with van der Waals surface area (Å²) >= 11 is 0. The number of phenolic OH excluding ortho intramolecular Hbond substituents is 1. The summed E-state index contributed by atoms with van der Waals surface area (Å²) in [6.07, 6.45) is 3.99. The maximum Gasteiger partial charge on any atom is 0.165 e. The van der Waals surface area contributed by atoms with E-state index in [2.05, 4.69) is 0 Å². The second kappa shape index (κ2) is 7.58. The molecule has 2 aromatic carbocycles. The Hall–Kier alpha value is -2.16. The Bertz CT molecular complexity index is 590. The van der Waals surface area contributed by atoms with Crippen LogP contribution in [-0.4, -0.2) is 10.9 Å². The third-order valence-electron chi connectivity index (χ3n) is 3.48. The van der Waals surface area contributed by atoms with Gasteiger partial charge in [0.2, 0.25) is 0 Å². The molecule has 1 N–H and O–H groups in total. The van der Waals surface area contributed by atoms with Crippen LogP contribution in [0.15, 0.2) is 48.5 Å². The van der Waals surface area contributed by atoms with Gasteiger partial charge in [-0.15, -0.1) is 0 Å². The smallest absolute Gasteiger partial charge is 0.165 e. The molecule has 3 heteroatoms. The van der Waals surface area contributed by atoms with Crippen LogP contribution in [0.2, 0.25) is 0 Å². The lowest BCUT2D eigenvalue weighted by Crippen LogP contribution is -2.02. The average Bonchev–Trinajstić information content (AvgIpc) is 2.49. The van der Waals surface area contributed by atoms with Gasteiger partial charge in [0.25, 0.3) is 0 Å². The lowest BCUT2D eigenvalue weighted by molar-refractivity contribution is 0.0975. The summed E-state index contributed by atoms with van der Waals surface area (Å²) in [5.41, 5.74) is 1.37. The van der Waals surface area contributed by atoms with Gasteiger partial charge in [-0.05, 0) is 49.1 Å². The summed E-state index contributed by atoms with van der Waals surface area (Å²) in [5.74, 6) is -0.293. The molecule has 0 bridgehead atoms. The van der Waals surface area contributed by atoms with Gasteiger partial charge in [0.15, 0.2) is 5.78 Å². The Morgan fingerprint density at radius 2 is 1.67 bits per heavy atom. The normalized spacial score (nSPS) is 10.5. The van der Waals surface area contributed by atoms with Crippen LogP contribution in [0.3, 0.4) is 0 Å². The number of hydrogen-bond acceptors (Lipinski definition) is 2. The van der Waals surface area contributed by atoms with Crippen molar-refractivity contribution in [1.82, 2.24) is 0 Å². The standard InChI is InChI=1S/C18H19FO2/c19-17-8-5-4-7-16(17)18(21)9-3-1-2-6-14-10-12-15(20)13-11-14/h4-5,7-8,10-13,20H,1-3,6,9H2. The number of carbonyl (C=O) groups excluding carboxylic acids is 1. The van der Waals surface area contributed by atoms with Crippen molar-refractivity contribution >= 4 is 5.78 Å². The highest BCUT2D eigenvalue weighted by Gasteiger charge is 2.09. The third kappa shape index (κ3) is 4.71. The second-order valence-corrected chi connectivity index (χ2v) is 5.13. The molecule has 0 saturated heterocycles. The summed E-state index contributed by atoms with van der Waals surface area (Å²) in [5, 5.41) is 9.19. The molecule has 2 aromatic rings. The second-order valence-electron chi connectivity index (χ2n) is 5.13. The van der Waals surface area contributed by atoms with Crippen molar-refractivity contribution in [2.24, 2.45) is 0 Å². The van der Waals surface area contributed by atoms with E-state index in [9.17, 15) is 14.3 Å². The zero-order valence-corrected chi connectivity index (χ0v) is 11.9. The average molecular weight is 286 g/mol. The molecule has 0 radical (unpaired) electrons. The van der Waals surface area contributed by atoms with Crippen LogP contribution in [0.1, 0.15) is 41.6 Å². The minimum atomic E-state index is -0.438. The van der Waals surface area contributed by atoms with Crippen LogP contribution in [0.4, 0.5) is 4.39 Å². The first-order valence-electron chi connectivity index (χ1n) is 7.22. The highest BCUT2D eigenvalue weighted by atomic mass is 19.1. The molecule has 2 nitrogen and oxygen atoms in total. The van der Waals surface area contributed by atoms with Gasteiger partial charge < -0.3 is 5.11 Å². The van der Waals surface area contributed by atoms with Crippen molar-refractivity contribution in [3.8, 4) is 5.75 Å². The summed E-state index contributed by atoms with van der Waals surface area (Å²) in [7, 11) is 0. The molecule has 0 aliphatic carbocycles. The van der Waals surface area contributed by atoms with Crippen molar-refractivity contribution in [3.63, 3.8) is 0 Å². The van der Waals surface area contributed by atoms with E-state index in [-0.39, 0.29) is 17.1 Å². The topological polar surface area (TPSA) is 37.3 Å². The van der Waals surface area contributed by atoms with E-state index in [1.807, 2.05) is 12.1 Å². The van der Waals surface area contributed by atoms with E-state index in [4.69, 9.17) is 0 Å². The molecule has 0 aliphatic heterocycles. The highest BCUT2D eigenvalue weighted by molar-refractivity contribution is 5.96. The zero-order valence-electron chi connectivity index (χ0n) is 11.9. The number of carbonyl (C=O) groups is 1. The molecule has 0 spiro atoms. The van der Waals surface area contributed by atoms with Crippen molar-refractivity contribution in [1.29, 1.82) is 0 Å². The van der Waals surface area contributed by atoms with Crippen LogP contribution in [0, 0.1) is 5.82 Å². The number of halogens is 1. The quantitative estimate of drug-likeness (QED) is 0.600. The summed E-state index contributed by atoms with van der Waals surface area (Å²) < 4.78 is 13.4. The fraction of sp³-hybridized carbons (Fsp3) is 0.278. The Morgan fingerprint density at radius 3 is 2.38 bits per heavy atom. The Balaban J connectivity index is 1.69.